The van der Waals surface area contributed by atoms with Gasteiger partial charge in [0.05, 0.1) is 0 Å². The topological polar surface area (TPSA) is 20.3 Å². The van der Waals surface area contributed by atoms with Crippen LogP contribution in [-0.2, 0) is 4.79 Å². The van der Waals surface area contributed by atoms with Crippen molar-refractivity contribution in [3.8, 4) is 0 Å². The second kappa shape index (κ2) is 4.96. The number of amides is 1. The van der Waals surface area contributed by atoms with E-state index >= 15 is 0 Å². The van der Waals surface area contributed by atoms with E-state index in [0.717, 1.165) is 5.57 Å². The highest BCUT2D eigenvalue weighted by molar-refractivity contribution is 5.96. The molecule has 1 unspecified atom stereocenters. The number of rotatable bonds is 2. The van der Waals surface area contributed by atoms with Crippen LogP contribution in [0.4, 0.5) is 0 Å². The molecule has 0 saturated carbocycles. The normalized spacial score (nSPS) is 20.1. The van der Waals surface area contributed by atoms with Crippen LogP contribution in [0.3, 0.4) is 0 Å². The Balaban J connectivity index is 2.81. The average Bonchev–Trinajstić information content (AvgIpc) is 2.40. The third-order valence-electron chi connectivity index (χ3n) is 2.61. The van der Waals surface area contributed by atoms with Crippen molar-refractivity contribution in [1.29, 1.82) is 0 Å². The molecule has 15 heavy (non-hydrogen) atoms. The lowest BCUT2D eigenvalue weighted by atomic mass is 10.1. The van der Waals surface area contributed by atoms with Crippen LogP contribution in [-0.4, -0.2) is 23.9 Å². The van der Waals surface area contributed by atoms with Gasteiger partial charge < -0.3 is 4.90 Å². The fourth-order valence-electron chi connectivity index (χ4n) is 1.29. The molecule has 0 saturated heterocycles. The van der Waals surface area contributed by atoms with Gasteiger partial charge in [0.15, 0.2) is 0 Å². The van der Waals surface area contributed by atoms with Gasteiger partial charge >= 0.3 is 0 Å². The zero-order chi connectivity index (χ0) is 11.4. The van der Waals surface area contributed by atoms with Gasteiger partial charge in [0, 0.05) is 18.7 Å². The molecule has 0 aromatic heterocycles. The second-order valence-corrected chi connectivity index (χ2v) is 4.23. The molecule has 0 N–H and O–H groups in total. The van der Waals surface area contributed by atoms with Crippen molar-refractivity contribution in [2.45, 2.75) is 26.8 Å². The van der Waals surface area contributed by atoms with E-state index in [0.29, 0.717) is 5.92 Å². The Morgan fingerprint density at radius 3 is 2.67 bits per heavy atom. The van der Waals surface area contributed by atoms with E-state index < -0.39 is 0 Å². The van der Waals surface area contributed by atoms with Gasteiger partial charge in [0.25, 0.3) is 5.91 Å². The van der Waals surface area contributed by atoms with Crippen LogP contribution in [0.25, 0.3) is 0 Å². The summed E-state index contributed by atoms with van der Waals surface area (Å²) < 4.78 is 0. The average molecular weight is 205 g/mol. The zero-order valence-corrected chi connectivity index (χ0v) is 9.90. The van der Waals surface area contributed by atoms with Gasteiger partial charge in [-0.3, -0.25) is 4.79 Å². The summed E-state index contributed by atoms with van der Waals surface area (Å²) in [6, 6.07) is 0.233. The molecule has 0 aromatic rings. The molecule has 0 fully saturated rings. The van der Waals surface area contributed by atoms with Crippen molar-refractivity contribution in [3.63, 3.8) is 0 Å². The van der Waals surface area contributed by atoms with Crippen molar-refractivity contribution in [1.82, 2.24) is 4.90 Å². The summed E-state index contributed by atoms with van der Waals surface area (Å²) in [7, 11) is 1.83. The highest BCUT2D eigenvalue weighted by Gasteiger charge is 2.15. The van der Waals surface area contributed by atoms with E-state index in [-0.39, 0.29) is 11.9 Å². The van der Waals surface area contributed by atoms with Gasteiger partial charge in [-0.1, -0.05) is 31.2 Å². The number of hydrogen-bond donors (Lipinski definition) is 0. The zero-order valence-electron chi connectivity index (χ0n) is 9.90. The summed E-state index contributed by atoms with van der Waals surface area (Å²) in [5, 5.41) is 0. The van der Waals surface area contributed by atoms with Crippen molar-refractivity contribution >= 4 is 5.91 Å². The van der Waals surface area contributed by atoms with Crippen molar-refractivity contribution < 1.29 is 4.79 Å². The maximum atomic E-state index is 12.0. The Kier molecular flexibility index (Phi) is 3.89. The van der Waals surface area contributed by atoms with E-state index in [1.165, 1.54) is 0 Å². The molecule has 0 aliphatic heterocycles. The summed E-state index contributed by atoms with van der Waals surface area (Å²) in [5.41, 5.74) is 0.756. The predicted molar refractivity (Wildman–Crippen MR) is 63.4 cm³/mol. The molecule has 2 heteroatoms. The summed E-state index contributed by atoms with van der Waals surface area (Å²) in [6.45, 7) is 6.12. The lowest BCUT2D eigenvalue weighted by Crippen LogP contribution is -2.33. The minimum Gasteiger partial charge on any atom is -0.339 e. The molecule has 1 aliphatic carbocycles. The molecule has 0 radical (unpaired) electrons. The van der Waals surface area contributed by atoms with Gasteiger partial charge in [-0.05, 0) is 25.8 Å². The number of allylic oxidation sites excluding steroid dienone is 4. The minimum atomic E-state index is 0.0833. The first-order valence-electron chi connectivity index (χ1n) is 5.36. The summed E-state index contributed by atoms with van der Waals surface area (Å²) in [4.78, 5) is 13.7. The molecule has 1 amide bonds. The predicted octanol–water partition coefficient (Wildman–Crippen LogP) is 2.54. The molecule has 82 valence electrons. The van der Waals surface area contributed by atoms with Gasteiger partial charge in [0.1, 0.15) is 0 Å². The smallest absolute Gasteiger partial charge is 0.253 e. The SMILES string of the molecule is CC1C=CC=C(C(=O)N(C)C(C)C)C=C1. The minimum absolute atomic E-state index is 0.0833. The summed E-state index contributed by atoms with van der Waals surface area (Å²) in [6.07, 6.45) is 9.85. The van der Waals surface area contributed by atoms with Gasteiger partial charge in [-0.25, -0.2) is 0 Å². The molecule has 1 rings (SSSR count). The Morgan fingerprint density at radius 2 is 2.07 bits per heavy atom. The second-order valence-electron chi connectivity index (χ2n) is 4.23. The standard InChI is InChI=1S/C13H19NO/c1-10(2)14(4)13(15)12-7-5-6-11(3)8-9-12/h5-11H,1-4H3. The van der Waals surface area contributed by atoms with Gasteiger partial charge in [-0.15, -0.1) is 0 Å². The first-order chi connectivity index (χ1) is 7.02. The van der Waals surface area contributed by atoms with E-state index in [9.17, 15) is 4.79 Å². The van der Waals surface area contributed by atoms with E-state index in [1.807, 2.05) is 45.2 Å². The van der Waals surface area contributed by atoms with Crippen LogP contribution in [0.5, 0.6) is 0 Å². The molecule has 1 atom stereocenters. The monoisotopic (exact) mass is 205 g/mol. The number of hydrogen-bond acceptors (Lipinski definition) is 1. The third-order valence-corrected chi connectivity index (χ3v) is 2.61. The number of carbonyl (C=O) groups excluding carboxylic acids is 1. The molecule has 0 aromatic carbocycles. The van der Waals surface area contributed by atoms with Gasteiger partial charge in [-0.2, -0.15) is 0 Å². The van der Waals surface area contributed by atoms with Crippen molar-refractivity contribution in [2.24, 2.45) is 5.92 Å². The lowest BCUT2D eigenvalue weighted by molar-refractivity contribution is -0.126. The molecule has 0 bridgehead atoms. The number of carbonyl (C=O) groups is 1. The molecular weight excluding hydrogens is 186 g/mol. The molecule has 2 nitrogen and oxygen atoms in total. The Hall–Kier alpha value is -1.31. The van der Waals surface area contributed by atoms with Gasteiger partial charge in [0.2, 0.25) is 0 Å². The largest absolute Gasteiger partial charge is 0.339 e. The fraction of sp³-hybridized carbons (Fsp3) is 0.462. The lowest BCUT2D eigenvalue weighted by Gasteiger charge is -2.21. The third kappa shape index (κ3) is 3.08. The quantitative estimate of drug-likeness (QED) is 0.678. The Bertz CT molecular complexity index is 323. The highest BCUT2D eigenvalue weighted by atomic mass is 16.2. The van der Waals surface area contributed by atoms with E-state index in [1.54, 1.807) is 4.90 Å². The molecule has 0 heterocycles. The van der Waals surface area contributed by atoms with E-state index in [4.69, 9.17) is 0 Å². The summed E-state index contributed by atoms with van der Waals surface area (Å²) >= 11 is 0. The van der Waals surface area contributed by atoms with Crippen molar-refractivity contribution in [3.05, 3.63) is 36.0 Å². The van der Waals surface area contributed by atoms with Crippen LogP contribution in [0.15, 0.2) is 36.0 Å². The molecule has 0 spiro atoms. The van der Waals surface area contributed by atoms with E-state index in [2.05, 4.69) is 13.0 Å². The molecule has 1 aliphatic rings. The van der Waals surface area contributed by atoms with Crippen LogP contribution in [0.1, 0.15) is 20.8 Å². The number of likely N-dealkylation sites (N-methyl/N-ethyl adjacent to an activating group) is 1. The van der Waals surface area contributed by atoms with Crippen LogP contribution >= 0.6 is 0 Å². The fourth-order valence-corrected chi connectivity index (χ4v) is 1.29. The molecular formula is C13H19NO. The number of nitrogens with zero attached hydrogens (tertiary/aromatic N) is 1. The first kappa shape index (κ1) is 11.8. The maximum absolute atomic E-state index is 12.0. The van der Waals surface area contributed by atoms with Crippen LogP contribution in [0, 0.1) is 5.92 Å². The Morgan fingerprint density at radius 1 is 1.40 bits per heavy atom. The summed E-state index contributed by atoms with van der Waals surface area (Å²) in [5.74, 6) is 0.482. The highest BCUT2D eigenvalue weighted by Crippen LogP contribution is 2.12. The maximum Gasteiger partial charge on any atom is 0.253 e. The Labute approximate surface area is 92.0 Å². The van der Waals surface area contributed by atoms with Crippen LogP contribution < -0.4 is 0 Å². The first-order valence-corrected chi connectivity index (χ1v) is 5.36. The van der Waals surface area contributed by atoms with Crippen molar-refractivity contribution in [2.75, 3.05) is 7.05 Å². The van der Waals surface area contributed by atoms with Crippen LogP contribution in [0.2, 0.25) is 0 Å².